The molecule has 6 nitrogen and oxygen atoms in total. The summed E-state index contributed by atoms with van der Waals surface area (Å²) >= 11 is 0. The smallest absolute Gasteiger partial charge is 0.249 e. The Morgan fingerprint density at radius 2 is 2.00 bits per heavy atom. The molecule has 0 radical (unpaired) electrons. The minimum absolute atomic E-state index is 0.126. The molecule has 0 spiro atoms. The maximum Gasteiger partial charge on any atom is 0.249 e. The zero-order valence-corrected chi connectivity index (χ0v) is 11.6. The van der Waals surface area contributed by atoms with Crippen LogP contribution in [0.15, 0.2) is 36.5 Å². The molecule has 0 saturated heterocycles. The fourth-order valence-electron chi connectivity index (χ4n) is 1.94. The van der Waals surface area contributed by atoms with Gasteiger partial charge < -0.3 is 16.8 Å². The predicted molar refractivity (Wildman–Crippen MR) is 80.7 cm³/mol. The summed E-state index contributed by atoms with van der Waals surface area (Å²) in [6.45, 7) is 1.73. The highest BCUT2D eigenvalue weighted by atomic mass is 16.2. The lowest BCUT2D eigenvalue weighted by Gasteiger charge is -2.10. The van der Waals surface area contributed by atoms with Gasteiger partial charge in [0.2, 0.25) is 11.8 Å². The zero-order chi connectivity index (χ0) is 15.4. The first-order chi connectivity index (χ1) is 9.97. The Bertz CT molecular complexity index is 681. The molecule has 0 atom stereocenters. The van der Waals surface area contributed by atoms with Gasteiger partial charge in [-0.25, -0.2) is 0 Å². The molecule has 0 saturated carbocycles. The van der Waals surface area contributed by atoms with Crippen LogP contribution in [0, 0.1) is 6.92 Å². The van der Waals surface area contributed by atoms with E-state index < -0.39 is 5.91 Å². The molecule has 2 rings (SSSR count). The number of rotatable bonds is 4. The van der Waals surface area contributed by atoms with Crippen molar-refractivity contribution in [2.24, 2.45) is 5.73 Å². The number of hydrogen-bond acceptors (Lipinski definition) is 4. The van der Waals surface area contributed by atoms with E-state index in [1.165, 1.54) is 6.20 Å². The molecule has 1 heterocycles. The monoisotopic (exact) mass is 284 g/mol. The van der Waals surface area contributed by atoms with Crippen LogP contribution in [0.2, 0.25) is 0 Å². The molecule has 0 fully saturated rings. The number of nitrogens with two attached hydrogens (primary N) is 2. The molecule has 0 aliphatic rings. The summed E-state index contributed by atoms with van der Waals surface area (Å²) in [5.74, 6) is -0.749. The number of nitrogen functional groups attached to an aromatic ring is 1. The first-order valence-electron chi connectivity index (χ1n) is 6.37. The van der Waals surface area contributed by atoms with E-state index in [4.69, 9.17) is 11.5 Å². The van der Waals surface area contributed by atoms with Gasteiger partial charge in [-0.15, -0.1) is 0 Å². The molecule has 1 aromatic carbocycles. The van der Waals surface area contributed by atoms with Crippen LogP contribution in [-0.4, -0.2) is 16.8 Å². The fraction of sp³-hybridized carbons (Fsp3) is 0.133. The normalized spacial score (nSPS) is 10.1. The van der Waals surface area contributed by atoms with Crippen LogP contribution in [-0.2, 0) is 11.2 Å². The average molecular weight is 284 g/mol. The Labute approximate surface area is 122 Å². The summed E-state index contributed by atoms with van der Waals surface area (Å²) in [5.41, 5.74) is 13.6. The van der Waals surface area contributed by atoms with Gasteiger partial charge in [-0.3, -0.25) is 14.6 Å². The Morgan fingerprint density at radius 1 is 1.24 bits per heavy atom. The second kappa shape index (κ2) is 6.04. The van der Waals surface area contributed by atoms with E-state index in [0.717, 1.165) is 0 Å². The third-order valence-electron chi connectivity index (χ3n) is 3.06. The van der Waals surface area contributed by atoms with Gasteiger partial charge in [-0.05, 0) is 36.8 Å². The van der Waals surface area contributed by atoms with Crippen molar-refractivity contribution in [2.75, 3.05) is 11.1 Å². The number of anilines is 2. The lowest BCUT2D eigenvalue weighted by molar-refractivity contribution is -0.115. The minimum atomic E-state index is -0.524. The Morgan fingerprint density at radius 3 is 2.62 bits per heavy atom. The zero-order valence-electron chi connectivity index (χ0n) is 11.6. The minimum Gasteiger partial charge on any atom is -0.397 e. The molecule has 0 aliphatic heterocycles. The maximum absolute atomic E-state index is 12.0. The van der Waals surface area contributed by atoms with Gasteiger partial charge in [0.25, 0.3) is 0 Å². The molecule has 0 bridgehead atoms. The van der Waals surface area contributed by atoms with E-state index in [-0.39, 0.29) is 12.3 Å². The molecule has 1 aromatic heterocycles. The summed E-state index contributed by atoms with van der Waals surface area (Å²) in [4.78, 5) is 27.3. The number of aromatic nitrogens is 1. The average Bonchev–Trinajstić information content (AvgIpc) is 2.43. The van der Waals surface area contributed by atoms with Gasteiger partial charge in [-0.1, -0.05) is 6.07 Å². The molecule has 5 N–H and O–H groups in total. The standard InChI is InChI=1S/C15H16N4O2/c1-9-12(15(17)21)3-2-4-13(9)19-14(20)7-11-6-5-10(16)8-18-11/h2-6,8H,7,16H2,1H3,(H2,17,21)(H,19,20). The van der Waals surface area contributed by atoms with Gasteiger partial charge in [-0.2, -0.15) is 0 Å². The first-order valence-corrected chi connectivity index (χ1v) is 6.37. The number of hydrogen-bond donors (Lipinski definition) is 3. The van der Waals surface area contributed by atoms with Crippen molar-refractivity contribution in [3.05, 3.63) is 53.3 Å². The van der Waals surface area contributed by atoms with E-state index in [0.29, 0.717) is 28.2 Å². The molecule has 2 aromatic rings. The number of benzene rings is 1. The molecule has 0 unspecified atom stereocenters. The van der Waals surface area contributed by atoms with Gasteiger partial charge in [0.15, 0.2) is 0 Å². The highest BCUT2D eigenvalue weighted by Gasteiger charge is 2.11. The summed E-state index contributed by atoms with van der Waals surface area (Å²) in [6, 6.07) is 8.39. The Hall–Kier alpha value is -2.89. The van der Waals surface area contributed by atoms with Gasteiger partial charge in [0.05, 0.1) is 18.3 Å². The quantitative estimate of drug-likeness (QED) is 0.784. The largest absolute Gasteiger partial charge is 0.397 e. The number of amides is 2. The van der Waals surface area contributed by atoms with E-state index in [9.17, 15) is 9.59 Å². The number of carbonyl (C=O) groups excluding carboxylic acids is 2. The van der Waals surface area contributed by atoms with Crippen LogP contribution >= 0.6 is 0 Å². The van der Waals surface area contributed by atoms with Gasteiger partial charge >= 0.3 is 0 Å². The number of nitrogens with one attached hydrogen (secondary N) is 1. The fourth-order valence-corrected chi connectivity index (χ4v) is 1.94. The topological polar surface area (TPSA) is 111 Å². The van der Waals surface area contributed by atoms with Gasteiger partial charge in [0, 0.05) is 16.9 Å². The lowest BCUT2D eigenvalue weighted by atomic mass is 10.1. The third kappa shape index (κ3) is 3.56. The lowest BCUT2D eigenvalue weighted by Crippen LogP contribution is -2.18. The van der Waals surface area contributed by atoms with E-state index in [1.807, 2.05) is 0 Å². The van der Waals surface area contributed by atoms with Crippen molar-refractivity contribution in [3.63, 3.8) is 0 Å². The maximum atomic E-state index is 12.0. The molecule has 6 heteroatoms. The SMILES string of the molecule is Cc1c(NC(=O)Cc2ccc(N)cn2)cccc1C(N)=O. The Balaban J connectivity index is 2.11. The molecule has 21 heavy (non-hydrogen) atoms. The molecule has 2 amide bonds. The molecule has 108 valence electrons. The van der Waals surface area contributed by atoms with Crippen molar-refractivity contribution < 1.29 is 9.59 Å². The van der Waals surface area contributed by atoms with E-state index in [1.54, 1.807) is 37.3 Å². The Kier molecular flexibility index (Phi) is 4.18. The molecular weight excluding hydrogens is 268 g/mol. The number of primary amides is 1. The van der Waals surface area contributed by atoms with Crippen molar-refractivity contribution in [2.45, 2.75) is 13.3 Å². The number of carbonyl (C=O) groups is 2. The van der Waals surface area contributed by atoms with Crippen LogP contribution in [0.4, 0.5) is 11.4 Å². The summed E-state index contributed by atoms with van der Waals surface area (Å²) in [6.07, 6.45) is 1.63. The van der Waals surface area contributed by atoms with Crippen LogP contribution in [0.3, 0.4) is 0 Å². The summed E-state index contributed by atoms with van der Waals surface area (Å²) in [7, 11) is 0. The number of pyridine rings is 1. The number of nitrogens with zero attached hydrogens (tertiary/aromatic N) is 1. The van der Waals surface area contributed by atoms with Crippen LogP contribution in [0.1, 0.15) is 21.6 Å². The van der Waals surface area contributed by atoms with E-state index >= 15 is 0 Å². The van der Waals surface area contributed by atoms with Crippen molar-refractivity contribution in [1.82, 2.24) is 4.98 Å². The summed E-state index contributed by atoms with van der Waals surface area (Å²) < 4.78 is 0. The summed E-state index contributed by atoms with van der Waals surface area (Å²) in [5, 5.41) is 2.75. The molecule has 0 aliphatic carbocycles. The van der Waals surface area contributed by atoms with Crippen LogP contribution < -0.4 is 16.8 Å². The second-order valence-electron chi connectivity index (χ2n) is 4.65. The van der Waals surface area contributed by atoms with Crippen LogP contribution in [0.5, 0.6) is 0 Å². The molecular formula is C15H16N4O2. The first kappa shape index (κ1) is 14.5. The predicted octanol–water partition coefficient (Wildman–Crippen LogP) is 1.25. The van der Waals surface area contributed by atoms with Gasteiger partial charge in [0.1, 0.15) is 0 Å². The van der Waals surface area contributed by atoms with E-state index in [2.05, 4.69) is 10.3 Å². The third-order valence-corrected chi connectivity index (χ3v) is 3.06. The van der Waals surface area contributed by atoms with Crippen LogP contribution in [0.25, 0.3) is 0 Å². The van der Waals surface area contributed by atoms with Crippen molar-refractivity contribution in [3.8, 4) is 0 Å². The highest BCUT2D eigenvalue weighted by Crippen LogP contribution is 2.18. The second-order valence-corrected chi connectivity index (χ2v) is 4.65. The van der Waals surface area contributed by atoms with Crippen molar-refractivity contribution >= 4 is 23.2 Å². The highest BCUT2D eigenvalue weighted by molar-refractivity contribution is 5.98. The van der Waals surface area contributed by atoms with Crippen molar-refractivity contribution in [1.29, 1.82) is 0 Å².